The van der Waals surface area contributed by atoms with Crippen molar-refractivity contribution in [2.24, 2.45) is 0 Å². The van der Waals surface area contributed by atoms with E-state index in [1.165, 1.54) is 0 Å². The molecule has 25 heavy (non-hydrogen) atoms. The molecule has 2 aromatic rings. The summed E-state index contributed by atoms with van der Waals surface area (Å²) in [5, 5.41) is 3.34. The molecule has 0 saturated carbocycles. The SMILES string of the molecule is CCCN(CCC)c1cc(Nc2ccc(OC)cc2OC)nc(C)n1. The standard InChI is InChI=1S/C19H28N4O2/c1-6-10-23(11-7-2)19-13-18(20-14(3)21-19)22-16-9-8-15(24-4)12-17(16)25-5/h8-9,12-13H,6-7,10-11H2,1-5H3,(H,20,21,22). The lowest BCUT2D eigenvalue weighted by atomic mass is 10.2. The van der Waals surface area contributed by atoms with Gasteiger partial charge in [0.15, 0.2) is 0 Å². The number of benzene rings is 1. The fourth-order valence-electron chi connectivity index (χ4n) is 2.70. The molecule has 0 radical (unpaired) electrons. The Kier molecular flexibility index (Phi) is 6.86. The van der Waals surface area contributed by atoms with E-state index in [0.29, 0.717) is 5.75 Å². The van der Waals surface area contributed by atoms with Crippen LogP contribution in [0.25, 0.3) is 0 Å². The molecule has 2 rings (SSSR count). The average Bonchev–Trinajstić information content (AvgIpc) is 2.61. The molecule has 0 bridgehead atoms. The van der Waals surface area contributed by atoms with E-state index >= 15 is 0 Å². The van der Waals surface area contributed by atoms with Gasteiger partial charge in [0.2, 0.25) is 0 Å². The first-order chi connectivity index (χ1) is 12.1. The van der Waals surface area contributed by atoms with E-state index in [-0.39, 0.29) is 0 Å². The van der Waals surface area contributed by atoms with Crippen molar-refractivity contribution < 1.29 is 9.47 Å². The van der Waals surface area contributed by atoms with Crippen molar-refractivity contribution in [1.82, 2.24) is 9.97 Å². The summed E-state index contributed by atoms with van der Waals surface area (Å²) < 4.78 is 10.7. The molecule has 6 nitrogen and oxygen atoms in total. The van der Waals surface area contributed by atoms with Crippen LogP contribution in [0.1, 0.15) is 32.5 Å². The van der Waals surface area contributed by atoms with Crippen LogP contribution in [-0.4, -0.2) is 37.3 Å². The van der Waals surface area contributed by atoms with Gasteiger partial charge in [0.25, 0.3) is 0 Å². The van der Waals surface area contributed by atoms with E-state index in [2.05, 4.69) is 34.0 Å². The molecule has 0 atom stereocenters. The van der Waals surface area contributed by atoms with Gasteiger partial charge in [-0.25, -0.2) is 9.97 Å². The van der Waals surface area contributed by atoms with Crippen LogP contribution in [-0.2, 0) is 0 Å². The molecule has 0 fully saturated rings. The number of nitrogens with zero attached hydrogens (tertiary/aromatic N) is 3. The van der Waals surface area contributed by atoms with E-state index in [1.54, 1.807) is 14.2 Å². The van der Waals surface area contributed by atoms with Crippen LogP contribution in [0.3, 0.4) is 0 Å². The molecule has 1 aromatic heterocycles. The smallest absolute Gasteiger partial charge is 0.146 e. The number of methoxy groups -OCH3 is 2. The van der Waals surface area contributed by atoms with Crippen LogP contribution in [0.5, 0.6) is 11.5 Å². The number of aryl methyl sites for hydroxylation is 1. The quantitative estimate of drug-likeness (QED) is 0.737. The van der Waals surface area contributed by atoms with E-state index in [0.717, 1.165) is 54.8 Å². The summed E-state index contributed by atoms with van der Waals surface area (Å²) in [6.45, 7) is 8.23. The maximum absolute atomic E-state index is 5.45. The second-order valence-corrected chi connectivity index (χ2v) is 5.84. The molecule has 6 heteroatoms. The second-order valence-electron chi connectivity index (χ2n) is 5.84. The summed E-state index contributed by atoms with van der Waals surface area (Å²) in [7, 11) is 3.28. The summed E-state index contributed by atoms with van der Waals surface area (Å²) in [5.74, 6) is 3.90. The molecular formula is C19H28N4O2. The number of ether oxygens (including phenoxy) is 2. The fraction of sp³-hybridized carbons (Fsp3) is 0.474. The minimum Gasteiger partial charge on any atom is -0.497 e. The minimum absolute atomic E-state index is 0.705. The average molecular weight is 344 g/mol. The van der Waals surface area contributed by atoms with Gasteiger partial charge in [-0.3, -0.25) is 0 Å². The van der Waals surface area contributed by atoms with Crippen molar-refractivity contribution in [1.29, 1.82) is 0 Å². The Labute approximate surface area is 150 Å². The van der Waals surface area contributed by atoms with E-state index in [9.17, 15) is 0 Å². The molecule has 0 unspecified atom stereocenters. The monoisotopic (exact) mass is 344 g/mol. The van der Waals surface area contributed by atoms with E-state index < -0.39 is 0 Å². The second kappa shape index (κ2) is 9.11. The highest BCUT2D eigenvalue weighted by Gasteiger charge is 2.11. The molecule has 0 amide bonds. The molecule has 0 saturated heterocycles. The van der Waals surface area contributed by atoms with Crippen LogP contribution < -0.4 is 19.7 Å². The maximum Gasteiger partial charge on any atom is 0.146 e. The Morgan fingerprint density at radius 3 is 2.32 bits per heavy atom. The Morgan fingerprint density at radius 2 is 1.72 bits per heavy atom. The van der Waals surface area contributed by atoms with Gasteiger partial charge in [0, 0.05) is 25.2 Å². The molecule has 0 aliphatic heterocycles. The van der Waals surface area contributed by atoms with Crippen molar-refractivity contribution in [2.75, 3.05) is 37.5 Å². The van der Waals surface area contributed by atoms with Crippen LogP contribution in [0.4, 0.5) is 17.3 Å². The van der Waals surface area contributed by atoms with Crippen LogP contribution in [0.2, 0.25) is 0 Å². The summed E-state index contributed by atoms with van der Waals surface area (Å²) >= 11 is 0. The Bertz CT molecular complexity index is 685. The molecule has 0 aliphatic rings. The van der Waals surface area contributed by atoms with Gasteiger partial charge < -0.3 is 19.7 Å². The molecule has 1 aromatic carbocycles. The maximum atomic E-state index is 5.45. The lowest BCUT2D eigenvalue weighted by Crippen LogP contribution is -2.26. The highest BCUT2D eigenvalue weighted by Crippen LogP contribution is 2.31. The zero-order chi connectivity index (χ0) is 18.2. The van der Waals surface area contributed by atoms with Crippen molar-refractivity contribution in [3.05, 3.63) is 30.1 Å². The van der Waals surface area contributed by atoms with Crippen molar-refractivity contribution in [3.63, 3.8) is 0 Å². The summed E-state index contributed by atoms with van der Waals surface area (Å²) in [6.07, 6.45) is 2.16. The number of hydrogen-bond acceptors (Lipinski definition) is 6. The third kappa shape index (κ3) is 4.98. The summed E-state index contributed by atoms with van der Waals surface area (Å²) in [5.41, 5.74) is 0.838. The van der Waals surface area contributed by atoms with Gasteiger partial charge in [0.1, 0.15) is 29.0 Å². The van der Waals surface area contributed by atoms with E-state index in [4.69, 9.17) is 9.47 Å². The predicted octanol–water partition coefficient (Wildman–Crippen LogP) is 4.17. The molecule has 1 N–H and O–H groups in total. The first kappa shape index (κ1) is 18.8. The zero-order valence-corrected chi connectivity index (χ0v) is 15.8. The van der Waals surface area contributed by atoms with Gasteiger partial charge in [-0.2, -0.15) is 0 Å². The van der Waals surface area contributed by atoms with Gasteiger partial charge in [0.05, 0.1) is 19.9 Å². The van der Waals surface area contributed by atoms with Crippen LogP contribution >= 0.6 is 0 Å². The van der Waals surface area contributed by atoms with Crippen LogP contribution in [0, 0.1) is 6.92 Å². The van der Waals surface area contributed by atoms with Gasteiger partial charge in [-0.15, -0.1) is 0 Å². The van der Waals surface area contributed by atoms with Gasteiger partial charge >= 0.3 is 0 Å². The Hall–Kier alpha value is -2.50. The molecule has 0 aliphatic carbocycles. The largest absolute Gasteiger partial charge is 0.497 e. The normalized spacial score (nSPS) is 10.4. The van der Waals surface area contributed by atoms with E-state index in [1.807, 2.05) is 31.2 Å². The Balaban J connectivity index is 2.31. The lowest BCUT2D eigenvalue weighted by molar-refractivity contribution is 0.395. The summed E-state index contributed by atoms with van der Waals surface area (Å²) in [6, 6.07) is 7.64. The van der Waals surface area contributed by atoms with Gasteiger partial charge in [-0.1, -0.05) is 13.8 Å². The van der Waals surface area contributed by atoms with Crippen LogP contribution in [0.15, 0.2) is 24.3 Å². The number of aromatic nitrogens is 2. The number of hydrogen-bond donors (Lipinski definition) is 1. The van der Waals surface area contributed by atoms with Crippen molar-refractivity contribution in [3.8, 4) is 11.5 Å². The van der Waals surface area contributed by atoms with Gasteiger partial charge in [-0.05, 0) is 31.9 Å². The fourth-order valence-corrected chi connectivity index (χ4v) is 2.70. The first-order valence-electron chi connectivity index (χ1n) is 8.70. The van der Waals surface area contributed by atoms with Crippen molar-refractivity contribution in [2.45, 2.75) is 33.6 Å². The molecule has 1 heterocycles. The summed E-state index contributed by atoms with van der Waals surface area (Å²) in [4.78, 5) is 11.4. The highest BCUT2D eigenvalue weighted by molar-refractivity contribution is 5.67. The number of rotatable bonds is 9. The minimum atomic E-state index is 0.705. The Morgan fingerprint density at radius 1 is 1.00 bits per heavy atom. The highest BCUT2D eigenvalue weighted by atomic mass is 16.5. The number of anilines is 3. The zero-order valence-electron chi connectivity index (χ0n) is 15.8. The molecule has 136 valence electrons. The predicted molar refractivity (Wildman–Crippen MR) is 102 cm³/mol. The topological polar surface area (TPSA) is 59.5 Å². The lowest BCUT2D eigenvalue weighted by Gasteiger charge is -2.23. The first-order valence-corrected chi connectivity index (χ1v) is 8.70. The molecular weight excluding hydrogens is 316 g/mol. The number of nitrogens with one attached hydrogen (secondary N) is 1. The third-order valence-electron chi connectivity index (χ3n) is 3.81. The van der Waals surface area contributed by atoms with Crippen molar-refractivity contribution >= 4 is 17.3 Å². The third-order valence-corrected chi connectivity index (χ3v) is 3.81. The molecule has 0 spiro atoms.